The maximum Gasteiger partial charge on any atom is 0.317 e. The van der Waals surface area contributed by atoms with Crippen LogP contribution in [0.3, 0.4) is 0 Å². The Morgan fingerprint density at radius 2 is 1.76 bits per heavy atom. The zero-order chi connectivity index (χ0) is 20.2. The van der Waals surface area contributed by atoms with E-state index < -0.39 is 0 Å². The van der Waals surface area contributed by atoms with E-state index in [1.165, 1.54) is 5.56 Å². The quantitative estimate of drug-likeness (QED) is 0.839. The lowest BCUT2D eigenvalue weighted by atomic mass is 9.99. The number of carbonyl (C=O) groups is 1. The second kappa shape index (κ2) is 8.51. The van der Waals surface area contributed by atoms with Crippen molar-refractivity contribution in [3.63, 3.8) is 0 Å². The molecule has 7 heteroatoms. The van der Waals surface area contributed by atoms with E-state index >= 15 is 0 Å². The maximum atomic E-state index is 12.6. The fraction of sp³-hybridized carbons (Fsp3) is 0.409. The first kappa shape index (κ1) is 19.2. The number of carbonyl (C=O) groups excluding carboxylic acids is 1. The lowest BCUT2D eigenvalue weighted by Crippen LogP contribution is -2.43. The van der Waals surface area contributed by atoms with E-state index in [-0.39, 0.29) is 6.03 Å². The van der Waals surface area contributed by atoms with Gasteiger partial charge < -0.3 is 29.2 Å². The number of rotatable bonds is 5. The number of hydrogen-bond donors (Lipinski definition) is 1. The van der Waals surface area contributed by atoms with Crippen LogP contribution in [0.25, 0.3) is 0 Å². The van der Waals surface area contributed by atoms with Gasteiger partial charge >= 0.3 is 6.03 Å². The van der Waals surface area contributed by atoms with E-state index in [1.54, 1.807) is 14.2 Å². The van der Waals surface area contributed by atoms with Crippen molar-refractivity contribution >= 4 is 6.03 Å². The van der Waals surface area contributed by atoms with Crippen LogP contribution in [0, 0.1) is 0 Å². The van der Waals surface area contributed by atoms with Gasteiger partial charge in [-0.15, -0.1) is 0 Å². The second-order valence-electron chi connectivity index (χ2n) is 7.11. The molecule has 2 aromatic carbocycles. The van der Waals surface area contributed by atoms with Gasteiger partial charge in [0.05, 0.1) is 14.2 Å². The fourth-order valence-corrected chi connectivity index (χ4v) is 3.73. The first-order chi connectivity index (χ1) is 14.2. The third kappa shape index (κ3) is 4.18. The Balaban J connectivity index is 1.33. The van der Waals surface area contributed by atoms with Crippen LogP contribution in [0.5, 0.6) is 23.0 Å². The van der Waals surface area contributed by atoms with Crippen LogP contribution < -0.4 is 24.3 Å². The van der Waals surface area contributed by atoms with E-state index in [9.17, 15) is 4.79 Å². The summed E-state index contributed by atoms with van der Waals surface area (Å²) in [6, 6.07) is 9.83. The number of benzene rings is 2. The van der Waals surface area contributed by atoms with Crippen molar-refractivity contribution in [2.45, 2.75) is 19.4 Å². The summed E-state index contributed by atoms with van der Waals surface area (Å²) < 4.78 is 21.9. The highest BCUT2D eigenvalue weighted by Crippen LogP contribution is 2.33. The predicted molar refractivity (Wildman–Crippen MR) is 108 cm³/mol. The largest absolute Gasteiger partial charge is 0.493 e. The third-order valence-corrected chi connectivity index (χ3v) is 5.30. The molecule has 4 rings (SSSR count). The Hall–Kier alpha value is -3.09. The molecule has 0 bridgehead atoms. The van der Waals surface area contributed by atoms with E-state index in [0.717, 1.165) is 41.2 Å². The lowest BCUT2D eigenvalue weighted by molar-refractivity contribution is 0.171. The van der Waals surface area contributed by atoms with Gasteiger partial charge in [0.25, 0.3) is 0 Å². The molecular formula is C22H26N2O5. The fourth-order valence-electron chi connectivity index (χ4n) is 3.73. The number of urea groups is 1. The van der Waals surface area contributed by atoms with E-state index in [1.807, 2.05) is 35.2 Å². The van der Waals surface area contributed by atoms with Gasteiger partial charge in [0.15, 0.2) is 23.0 Å². The lowest BCUT2D eigenvalue weighted by Gasteiger charge is -2.29. The number of hydrogen-bond acceptors (Lipinski definition) is 5. The van der Waals surface area contributed by atoms with E-state index in [4.69, 9.17) is 18.9 Å². The molecule has 0 unspecified atom stereocenters. The first-order valence-electron chi connectivity index (χ1n) is 9.83. The standard InChI is InChI=1S/C22H26N2O5/c1-26-19-12-16-6-8-24(14-17(16)13-20(19)27-2)22(25)23-7-5-15-3-4-18-21(11-15)29-10-9-28-18/h3-4,11-13H,5-10,14H2,1-2H3,(H,23,25). The average molecular weight is 398 g/mol. The summed E-state index contributed by atoms with van der Waals surface area (Å²) in [5, 5.41) is 3.02. The molecule has 2 aromatic rings. The summed E-state index contributed by atoms with van der Waals surface area (Å²) >= 11 is 0. The molecule has 2 aliphatic rings. The molecular weight excluding hydrogens is 372 g/mol. The summed E-state index contributed by atoms with van der Waals surface area (Å²) in [4.78, 5) is 14.5. The van der Waals surface area contributed by atoms with Gasteiger partial charge in [-0.1, -0.05) is 6.07 Å². The van der Waals surface area contributed by atoms with Gasteiger partial charge in [-0.3, -0.25) is 0 Å². The second-order valence-corrected chi connectivity index (χ2v) is 7.11. The molecule has 2 aliphatic heterocycles. The van der Waals surface area contributed by atoms with Crippen LogP contribution in [0.2, 0.25) is 0 Å². The van der Waals surface area contributed by atoms with Crippen molar-refractivity contribution in [3.8, 4) is 23.0 Å². The summed E-state index contributed by atoms with van der Waals surface area (Å²) in [6.45, 7) is 2.96. The number of fused-ring (bicyclic) bond motifs is 2. The summed E-state index contributed by atoms with van der Waals surface area (Å²) in [7, 11) is 3.25. The number of nitrogens with zero attached hydrogens (tertiary/aromatic N) is 1. The highest BCUT2D eigenvalue weighted by Gasteiger charge is 2.22. The minimum atomic E-state index is -0.0528. The molecule has 0 radical (unpaired) electrons. The third-order valence-electron chi connectivity index (χ3n) is 5.30. The van der Waals surface area contributed by atoms with Crippen molar-refractivity contribution in [1.29, 1.82) is 0 Å². The Morgan fingerprint density at radius 1 is 1.03 bits per heavy atom. The van der Waals surface area contributed by atoms with Crippen LogP contribution in [0.15, 0.2) is 30.3 Å². The van der Waals surface area contributed by atoms with Gasteiger partial charge in [0.1, 0.15) is 13.2 Å². The molecule has 2 amide bonds. The van der Waals surface area contributed by atoms with Gasteiger partial charge in [0, 0.05) is 19.6 Å². The van der Waals surface area contributed by atoms with Gasteiger partial charge in [-0.05, 0) is 53.8 Å². The van der Waals surface area contributed by atoms with Crippen molar-refractivity contribution in [3.05, 3.63) is 47.0 Å². The highest BCUT2D eigenvalue weighted by molar-refractivity contribution is 5.74. The average Bonchev–Trinajstić information content (AvgIpc) is 2.77. The van der Waals surface area contributed by atoms with Crippen LogP contribution in [0.4, 0.5) is 4.79 Å². The van der Waals surface area contributed by atoms with Crippen LogP contribution >= 0.6 is 0 Å². The number of methoxy groups -OCH3 is 2. The van der Waals surface area contributed by atoms with Crippen LogP contribution in [-0.2, 0) is 19.4 Å². The normalized spacial score (nSPS) is 14.8. The minimum Gasteiger partial charge on any atom is -0.493 e. The minimum absolute atomic E-state index is 0.0528. The zero-order valence-electron chi connectivity index (χ0n) is 16.8. The highest BCUT2D eigenvalue weighted by atomic mass is 16.6. The van der Waals surface area contributed by atoms with Crippen LogP contribution in [0.1, 0.15) is 16.7 Å². The molecule has 0 fully saturated rings. The molecule has 154 valence electrons. The maximum absolute atomic E-state index is 12.6. The molecule has 0 atom stereocenters. The SMILES string of the molecule is COc1cc2c(cc1OC)CN(C(=O)NCCc1ccc3c(c1)OCCO3)CC2. The first-order valence-corrected chi connectivity index (χ1v) is 9.83. The monoisotopic (exact) mass is 398 g/mol. The smallest absolute Gasteiger partial charge is 0.317 e. The van der Waals surface area contributed by atoms with Crippen molar-refractivity contribution in [2.24, 2.45) is 0 Å². The Bertz CT molecular complexity index is 899. The molecule has 0 aromatic heterocycles. The van der Waals surface area contributed by atoms with Crippen molar-refractivity contribution in [1.82, 2.24) is 10.2 Å². The molecule has 7 nitrogen and oxygen atoms in total. The zero-order valence-corrected chi connectivity index (χ0v) is 16.8. The molecule has 0 aliphatic carbocycles. The van der Waals surface area contributed by atoms with Crippen molar-refractivity contribution < 1.29 is 23.7 Å². The topological polar surface area (TPSA) is 69.3 Å². The summed E-state index contributed by atoms with van der Waals surface area (Å²) in [5.74, 6) is 2.97. The molecule has 0 spiro atoms. The molecule has 29 heavy (non-hydrogen) atoms. The van der Waals surface area contributed by atoms with Crippen molar-refractivity contribution in [2.75, 3.05) is 40.5 Å². The Morgan fingerprint density at radius 3 is 2.52 bits per heavy atom. The molecule has 0 saturated carbocycles. The summed E-state index contributed by atoms with van der Waals surface area (Å²) in [5.41, 5.74) is 3.40. The molecule has 2 heterocycles. The van der Waals surface area contributed by atoms with Gasteiger partial charge in [0.2, 0.25) is 0 Å². The van der Waals surface area contributed by atoms with Crippen LogP contribution in [-0.4, -0.2) is 51.5 Å². The van der Waals surface area contributed by atoms with Gasteiger partial charge in [-0.2, -0.15) is 0 Å². The van der Waals surface area contributed by atoms with E-state index in [2.05, 4.69) is 5.32 Å². The molecule has 1 N–H and O–H groups in total. The Kier molecular flexibility index (Phi) is 5.64. The summed E-state index contributed by atoms with van der Waals surface area (Å²) in [6.07, 6.45) is 1.53. The number of ether oxygens (including phenoxy) is 4. The predicted octanol–water partition coefficient (Wildman–Crippen LogP) is 2.79. The Labute approximate surface area is 170 Å². The number of nitrogens with one attached hydrogen (secondary N) is 1. The number of amides is 2. The molecule has 0 saturated heterocycles. The van der Waals surface area contributed by atoms with E-state index in [0.29, 0.717) is 38.6 Å². The van der Waals surface area contributed by atoms with Gasteiger partial charge in [-0.25, -0.2) is 4.79 Å².